The number of carbonyl (C=O) groups is 1. The van der Waals surface area contributed by atoms with Gasteiger partial charge in [-0.05, 0) is 25.2 Å². The second-order valence-electron chi connectivity index (χ2n) is 6.20. The quantitative estimate of drug-likeness (QED) is 0.214. The maximum Gasteiger partial charge on any atom is 0.406 e. The van der Waals surface area contributed by atoms with Gasteiger partial charge >= 0.3 is 6.18 Å². The van der Waals surface area contributed by atoms with Crippen LogP contribution in [0.2, 0.25) is 0 Å². The van der Waals surface area contributed by atoms with Crippen molar-refractivity contribution in [1.29, 1.82) is 0 Å². The zero-order chi connectivity index (χ0) is 19.4. The Labute approximate surface area is 175 Å². The lowest BCUT2D eigenvalue weighted by Gasteiger charge is -2.21. The monoisotopic (exact) mass is 510 g/mol. The van der Waals surface area contributed by atoms with Gasteiger partial charge in [0, 0.05) is 47.1 Å². The molecule has 0 aromatic heterocycles. The van der Waals surface area contributed by atoms with Crippen molar-refractivity contribution in [3.8, 4) is 0 Å². The molecule has 0 bridgehead atoms. The molecular weight excluding hydrogens is 480 g/mol. The summed E-state index contributed by atoms with van der Waals surface area (Å²) >= 11 is 0. The van der Waals surface area contributed by atoms with Crippen LogP contribution in [0.15, 0.2) is 4.99 Å². The van der Waals surface area contributed by atoms with Crippen molar-refractivity contribution >= 4 is 35.8 Å². The van der Waals surface area contributed by atoms with Gasteiger partial charge in [0.05, 0.1) is 6.54 Å². The van der Waals surface area contributed by atoms with E-state index in [0.717, 1.165) is 46.1 Å². The van der Waals surface area contributed by atoms with Crippen LogP contribution in [0.3, 0.4) is 0 Å². The number of nitrogens with one attached hydrogen (secondary N) is 2. The molecule has 0 radical (unpaired) electrons. The Bertz CT molecular complexity index is 447. The summed E-state index contributed by atoms with van der Waals surface area (Å²) < 4.78 is 47.7. The molecule has 1 saturated heterocycles. The molecule has 160 valence electrons. The summed E-state index contributed by atoms with van der Waals surface area (Å²) in [6.07, 6.45) is -1.59. The van der Waals surface area contributed by atoms with Crippen molar-refractivity contribution in [2.75, 3.05) is 60.2 Å². The maximum absolute atomic E-state index is 12.3. The minimum atomic E-state index is -4.41. The predicted octanol–water partition coefficient (Wildman–Crippen LogP) is 1.62. The van der Waals surface area contributed by atoms with Crippen LogP contribution in [0.25, 0.3) is 0 Å². The molecule has 11 heteroatoms. The number of amides is 1. The lowest BCUT2D eigenvalue weighted by atomic mass is 10.0. The number of hydrogen-bond acceptors (Lipinski definition) is 4. The van der Waals surface area contributed by atoms with E-state index < -0.39 is 18.6 Å². The van der Waals surface area contributed by atoms with Gasteiger partial charge in [0.1, 0.15) is 6.54 Å². The number of hydrogen-bond donors (Lipinski definition) is 2. The number of carbonyl (C=O) groups excluding carboxylic acids is 1. The molecule has 0 aromatic rings. The fraction of sp³-hybridized carbons (Fsp3) is 0.875. The van der Waals surface area contributed by atoms with Crippen molar-refractivity contribution in [2.24, 2.45) is 10.9 Å². The van der Waals surface area contributed by atoms with E-state index in [-0.39, 0.29) is 30.5 Å². The smallest absolute Gasteiger partial charge is 0.381 e. The lowest BCUT2D eigenvalue weighted by Crippen LogP contribution is -2.45. The van der Waals surface area contributed by atoms with Crippen LogP contribution in [-0.4, -0.2) is 83.1 Å². The average Bonchev–Trinajstić information content (AvgIpc) is 2.59. The Morgan fingerprint density at radius 3 is 2.56 bits per heavy atom. The zero-order valence-electron chi connectivity index (χ0n) is 15.8. The summed E-state index contributed by atoms with van der Waals surface area (Å²) in [5, 5.41) is 5.70. The van der Waals surface area contributed by atoms with E-state index in [0.29, 0.717) is 29.9 Å². The number of likely N-dealkylation sites (N-methyl/N-ethyl adjacent to an activating group) is 1. The first-order valence-electron chi connectivity index (χ1n) is 8.72. The van der Waals surface area contributed by atoms with E-state index in [1.54, 1.807) is 0 Å². The van der Waals surface area contributed by atoms with Crippen LogP contribution < -0.4 is 10.6 Å². The highest BCUT2D eigenvalue weighted by atomic mass is 127. The normalized spacial score (nSPS) is 15.8. The molecule has 1 aliphatic heterocycles. The number of halogens is 4. The van der Waals surface area contributed by atoms with Gasteiger partial charge in [-0.15, -0.1) is 24.0 Å². The fourth-order valence-corrected chi connectivity index (χ4v) is 2.42. The van der Waals surface area contributed by atoms with E-state index in [1.165, 1.54) is 7.05 Å². The van der Waals surface area contributed by atoms with Crippen LogP contribution >= 0.6 is 24.0 Å². The molecule has 1 fully saturated rings. The van der Waals surface area contributed by atoms with Crippen molar-refractivity contribution in [3.63, 3.8) is 0 Å². The molecule has 1 rings (SSSR count). The molecule has 0 aliphatic carbocycles. The summed E-state index contributed by atoms with van der Waals surface area (Å²) in [6, 6.07) is 0. The summed E-state index contributed by atoms with van der Waals surface area (Å²) in [5.74, 6) is 0.263. The molecule has 27 heavy (non-hydrogen) atoms. The van der Waals surface area contributed by atoms with Crippen LogP contribution in [0.1, 0.15) is 19.3 Å². The van der Waals surface area contributed by atoms with Gasteiger partial charge in [-0.2, -0.15) is 13.2 Å². The van der Waals surface area contributed by atoms with Gasteiger partial charge in [-0.1, -0.05) is 0 Å². The van der Waals surface area contributed by atoms with Crippen molar-refractivity contribution in [3.05, 3.63) is 0 Å². The molecule has 0 saturated carbocycles. The molecular formula is C16H30F3IN4O3. The van der Waals surface area contributed by atoms with E-state index in [2.05, 4.69) is 15.6 Å². The van der Waals surface area contributed by atoms with E-state index in [4.69, 9.17) is 9.47 Å². The van der Waals surface area contributed by atoms with Crippen LogP contribution in [0.5, 0.6) is 0 Å². The number of guanidine groups is 1. The third-order valence-electron chi connectivity index (χ3n) is 3.93. The molecule has 0 spiro atoms. The van der Waals surface area contributed by atoms with E-state index in [1.807, 2.05) is 0 Å². The van der Waals surface area contributed by atoms with E-state index in [9.17, 15) is 18.0 Å². The summed E-state index contributed by atoms with van der Waals surface area (Å²) in [4.78, 5) is 16.2. The summed E-state index contributed by atoms with van der Waals surface area (Å²) in [5.41, 5.74) is 0. The maximum atomic E-state index is 12.3. The minimum absolute atomic E-state index is 0. The number of ether oxygens (including phenoxy) is 2. The first kappa shape index (κ1) is 26.2. The Balaban J connectivity index is 0.00000676. The number of nitrogens with zero attached hydrogens (tertiary/aromatic N) is 2. The molecule has 2 N–H and O–H groups in total. The standard InChI is InChI=1S/C16H29F3N4O3.HI/c1-20-15(22-10-14(24)23(2)12-16(17,18)19)21-6-3-7-26-11-13-4-8-25-9-5-13;/h13H,3-12H2,1-2H3,(H2,20,21,22);1H. The Morgan fingerprint density at radius 2 is 1.96 bits per heavy atom. The largest absolute Gasteiger partial charge is 0.406 e. The topological polar surface area (TPSA) is 75.2 Å². The van der Waals surface area contributed by atoms with Gasteiger partial charge < -0.3 is 25.0 Å². The Hall–Kier alpha value is -0.820. The number of aliphatic imine (C=N–C) groups is 1. The van der Waals surface area contributed by atoms with Crippen LogP contribution in [-0.2, 0) is 14.3 Å². The highest BCUT2D eigenvalue weighted by Crippen LogP contribution is 2.15. The van der Waals surface area contributed by atoms with Crippen LogP contribution in [0, 0.1) is 5.92 Å². The second kappa shape index (κ2) is 14.2. The first-order valence-corrected chi connectivity index (χ1v) is 8.72. The van der Waals surface area contributed by atoms with E-state index >= 15 is 0 Å². The third kappa shape index (κ3) is 13.1. The highest BCUT2D eigenvalue weighted by Gasteiger charge is 2.31. The Kier molecular flexibility index (Phi) is 13.8. The Morgan fingerprint density at radius 1 is 1.30 bits per heavy atom. The van der Waals surface area contributed by atoms with Crippen molar-refractivity contribution in [1.82, 2.24) is 15.5 Å². The first-order chi connectivity index (χ1) is 12.3. The lowest BCUT2D eigenvalue weighted by molar-refractivity contribution is -0.157. The van der Waals surface area contributed by atoms with Gasteiger partial charge in [0.25, 0.3) is 0 Å². The number of rotatable bonds is 9. The van der Waals surface area contributed by atoms with Gasteiger partial charge in [0.15, 0.2) is 5.96 Å². The highest BCUT2D eigenvalue weighted by molar-refractivity contribution is 14.0. The zero-order valence-corrected chi connectivity index (χ0v) is 18.1. The minimum Gasteiger partial charge on any atom is -0.381 e. The molecule has 7 nitrogen and oxygen atoms in total. The summed E-state index contributed by atoms with van der Waals surface area (Å²) in [6.45, 7) is 1.99. The third-order valence-corrected chi connectivity index (χ3v) is 3.93. The molecule has 0 unspecified atom stereocenters. The average molecular weight is 510 g/mol. The van der Waals surface area contributed by atoms with Crippen molar-refractivity contribution < 1.29 is 27.4 Å². The molecule has 1 aliphatic rings. The van der Waals surface area contributed by atoms with Gasteiger partial charge in [-0.25, -0.2) is 0 Å². The van der Waals surface area contributed by atoms with Crippen molar-refractivity contribution in [2.45, 2.75) is 25.4 Å². The summed E-state index contributed by atoms with van der Waals surface area (Å²) in [7, 11) is 2.64. The molecule has 1 heterocycles. The fourth-order valence-electron chi connectivity index (χ4n) is 2.42. The molecule has 0 aromatic carbocycles. The molecule has 1 amide bonds. The second-order valence-corrected chi connectivity index (χ2v) is 6.20. The SMILES string of the molecule is CN=C(NCCCOCC1CCOCC1)NCC(=O)N(C)CC(F)(F)F.I. The number of alkyl halides is 3. The van der Waals surface area contributed by atoms with Gasteiger partial charge in [0.2, 0.25) is 5.91 Å². The van der Waals surface area contributed by atoms with Gasteiger partial charge in [-0.3, -0.25) is 9.79 Å². The predicted molar refractivity (Wildman–Crippen MR) is 107 cm³/mol. The van der Waals surface area contributed by atoms with Crippen LogP contribution in [0.4, 0.5) is 13.2 Å². The molecule has 0 atom stereocenters.